The van der Waals surface area contributed by atoms with E-state index in [1.165, 1.54) is 5.69 Å². The molecule has 0 aromatic carbocycles. The fraction of sp³-hybridized carbons (Fsp3) is 0.353. The van der Waals surface area contributed by atoms with Gasteiger partial charge in [-0.1, -0.05) is 6.07 Å². The van der Waals surface area contributed by atoms with Gasteiger partial charge in [0.25, 0.3) is 0 Å². The first kappa shape index (κ1) is 15.4. The Morgan fingerprint density at radius 1 is 1.17 bits per heavy atom. The fourth-order valence-corrected chi connectivity index (χ4v) is 2.55. The highest BCUT2D eigenvalue weighted by Gasteiger charge is 2.05. The molecule has 0 spiro atoms. The number of rotatable bonds is 6. The summed E-state index contributed by atoms with van der Waals surface area (Å²) in [5.74, 6) is 1.52. The van der Waals surface area contributed by atoms with Crippen LogP contribution in [0, 0.1) is 13.8 Å². The SMILES string of the molecule is COCc1nc(C)cc(NCCc2cn3c(C)cccc3n2)n1. The van der Waals surface area contributed by atoms with Crippen LogP contribution in [-0.4, -0.2) is 33.0 Å². The summed E-state index contributed by atoms with van der Waals surface area (Å²) in [6, 6.07) is 8.07. The third-order valence-corrected chi connectivity index (χ3v) is 3.61. The first-order valence-electron chi connectivity index (χ1n) is 7.66. The zero-order chi connectivity index (χ0) is 16.2. The maximum absolute atomic E-state index is 5.09. The molecular formula is C17H21N5O. The molecular weight excluding hydrogens is 290 g/mol. The molecule has 3 aromatic rings. The number of methoxy groups -OCH3 is 1. The average molecular weight is 311 g/mol. The zero-order valence-electron chi connectivity index (χ0n) is 13.7. The maximum Gasteiger partial charge on any atom is 0.156 e. The lowest BCUT2D eigenvalue weighted by molar-refractivity contribution is 0.177. The number of anilines is 1. The second-order valence-corrected chi connectivity index (χ2v) is 5.55. The van der Waals surface area contributed by atoms with Crippen LogP contribution < -0.4 is 5.32 Å². The van der Waals surface area contributed by atoms with Crippen molar-refractivity contribution < 1.29 is 4.74 Å². The Morgan fingerprint density at radius 3 is 2.83 bits per heavy atom. The summed E-state index contributed by atoms with van der Waals surface area (Å²) in [7, 11) is 1.64. The van der Waals surface area contributed by atoms with Crippen molar-refractivity contribution >= 4 is 11.5 Å². The molecule has 0 saturated carbocycles. The molecule has 6 nitrogen and oxygen atoms in total. The topological polar surface area (TPSA) is 64.3 Å². The van der Waals surface area contributed by atoms with Crippen LogP contribution in [0.5, 0.6) is 0 Å². The van der Waals surface area contributed by atoms with E-state index in [2.05, 4.69) is 43.9 Å². The van der Waals surface area contributed by atoms with Crippen molar-refractivity contribution in [2.24, 2.45) is 0 Å². The summed E-state index contributed by atoms with van der Waals surface area (Å²) in [4.78, 5) is 13.4. The highest BCUT2D eigenvalue weighted by atomic mass is 16.5. The Labute approximate surface area is 135 Å². The molecule has 0 aliphatic heterocycles. The molecule has 0 radical (unpaired) electrons. The van der Waals surface area contributed by atoms with E-state index >= 15 is 0 Å². The molecule has 0 unspecified atom stereocenters. The van der Waals surface area contributed by atoms with Gasteiger partial charge in [0.05, 0.1) is 5.69 Å². The lowest BCUT2D eigenvalue weighted by atomic mass is 10.3. The van der Waals surface area contributed by atoms with Crippen LogP contribution in [0.25, 0.3) is 5.65 Å². The third-order valence-electron chi connectivity index (χ3n) is 3.61. The molecule has 6 heteroatoms. The van der Waals surface area contributed by atoms with Crippen molar-refractivity contribution in [1.82, 2.24) is 19.4 Å². The zero-order valence-corrected chi connectivity index (χ0v) is 13.7. The lowest BCUT2D eigenvalue weighted by Gasteiger charge is -2.07. The van der Waals surface area contributed by atoms with Gasteiger partial charge in [-0.3, -0.25) is 0 Å². The van der Waals surface area contributed by atoms with E-state index in [-0.39, 0.29) is 0 Å². The number of hydrogen-bond acceptors (Lipinski definition) is 5. The largest absolute Gasteiger partial charge is 0.377 e. The molecule has 23 heavy (non-hydrogen) atoms. The van der Waals surface area contributed by atoms with Gasteiger partial charge >= 0.3 is 0 Å². The Morgan fingerprint density at radius 2 is 2.04 bits per heavy atom. The number of fused-ring (bicyclic) bond motifs is 1. The van der Waals surface area contributed by atoms with E-state index in [4.69, 9.17) is 4.74 Å². The molecule has 0 fully saturated rings. The van der Waals surface area contributed by atoms with Gasteiger partial charge in [-0.25, -0.2) is 15.0 Å². The van der Waals surface area contributed by atoms with Gasteiger partial charge in [0, 0.05) is 43.7 Å². The Bertz CT molecular complexity index is 812. The monoisotopic (exact) mass is 311 g/mol. The van der Waals surface area contributed by atoms with Crippen molar-refractivity contribution in [1.29, 1.82) is 0 Å². The predicted molar refractivity (Wildman–Crippen MR) is 89.6 cm³/mol. The number of aryl methyl sites for hydroxylation is 2. The van der Waals surface area contributed by atoms with Crippen LogP contribution in [0.2, 0.25) is 0 Å². The summed E-state index contributed by atoms with van der Waals surface area (Å²) >= 11 is 0. The molecule has 0 amide bonds. The molecule has 0 bridgehead atoms. The Hall–Kier alpha value is -2.47. The van der Waals surface area contributed by atoms with Crippen LogP contribution in [0.15, 0.2) is 30.5 Å². The minimum Gasteiger partial charge on any atom is -0.377 e. The van der Waals surface area contributed by atoms with E-state index in [0.717, 1.165) is 35.8 Å². The summed E-state index contributed by atoms with van der Waals surface area (Å²) in [6.07, 6.45) is 2.93. The molecule has 0 saturated heterocycles. The molecule has 3 heterocycles. The van der Waals surface area contributed by atoms with Gasteiger partial charge < -0.3 is 14.5 Å². The number of aromatic nitrogens is 4. The first-order valence-corrected chi connectivity index (χ1v) is 7.66. The van der Waals surface area contributed by atoms with Crippen LogP contribution >= 0.6 is 0 Å². The van der Waals surface area contributed by atoms with Gasteiger partial charge in [-0.15, -0.1) is 0 Å². The van der Waals surface area contributed by atoms with Crippen molar-refractivity contribution in [3.8, 4) is 0 Å². The van der Waals surface area contributed by atoms with Gasteiger partial charge in [0.2, 0.25) is 0 Å². The number of pyridine rings is 1. The molecule has 0 aliphatic rings. The maximum atomic E-state index is 5.09. The molecule has 3 aromatic heterocycles. The molecule has 0 atom stereocenters. The molecule has 120 valence electrons. The van der Waals surface area contributed by atoms with Crippen LogP contribution in [-0.2, 0) is 17.8 Å². The smallest absolute Gasteiger partial charge is 0.156 e. The highest BCUT2D eigenvalue weighted by Crippen LogP contribution is 2.10. The van der Waals surface area contributed by atoms with E-state index in [0.29, 0.717) is 12.4 Å². The minimum absolute atomic E-state index is 0.419. The molecule has 3 rings (SSSR count). The predicted octanol–water partition coefficient (Wildman–Crippen LogP) is 2.54. The third kappa shape index (κ3) is 3.65. The van der Waals surface area contributed by atoms with Crippen LogP contribution in [0.3, 0.4) is 0 Å². The van der Waals surface area contributed by atoms with E-state index in [9.17, 15) is 0 Å². The highest BCUT2D eigenvalue weighted by molar-refractivity contribution is 5.42. The standard InChI is InChI=1S/C17H21N5O/c1-12-9-15(21-16(19-12)11-23-3)18-8-7-14-10-22-13(2)5-4-6-17(22)20-14/h4-6,9-10H,7-8,11H2,1-3H3,(H,18,19,21). The molecule has 1 N–H and O–H groups in total. The molecule has 0 aliphatic carbocycles. The summed E-state index contributed by atoms with van der Waals surface area (Å²) in [6.45, 7) is 5.22. The Kier molecular flexibility index (Phi) is 4.52. The van der Waals surface area contributed by atoms with Gasteiger partial charge in [-0.2, -0.15) is 0 Å². The van der Waals surface area contributed by atoms with Crippen molar-refractivity contribution in [3.05, 3.63) is 53.4 Å². The number of hydrogen-bond donors (Lipinski definition) is 1. The quantitative estimate of drug-likeness (QED) is 0.758. The second kappa shape index (κ2) is 6.75. The van der Waals surface area contributed by atoms with Gasteiger partial charge in [0.15, 0.2) is 5.82 Å². The first-order chi connectivity index (χ1) is 11.2. The average Bonchev–Trinajstić information content (AvgIpc) is 2.91. The second-order valence-electron chi connectivity index (χ2n) is 5.55. The number of ether oxygens (including phenoxy) is 1. The van der Waals surface area contributed by atoms with Crippen LogP contribution in [0.1, 0.15) is 22.9 Å². The lowest BCUT2D eigenvalue weighted by Crippen LogP contribution is -2.09. The van der Waals surface area contributed by atoms with Crippen molar-refractivity contribution in [2.75, 3.05) is 19.0 Å². The van der Waals surface area contributed by atoms with Crippen molar-refractivity contribution in [3.63, 3.8) is 0 Å². The van der Waals surface area contributed by atoms with E-state index in [1.807, 2.05) is 25.1 Å². The fourth-order valence-electron chi connectivity index (χ4n) is 2.55. The number of nitrogens with one attached hydrogen (secondary N) is 1. The van der Waals surface area contributed by atoms with E-state index in [1.54, 1.807) is 7.11 Å². The number of nitrogens with zero attached hydrogens (tertiary/aromatic N) is 4. The summed E-state index contributed by atoms with van der Waals surface area (Å²) in [5, 5.41) is 3.34. The van der Waals surface area contributed by atoms with Crippen molar-refractivity contribution in [2.45, 2.75) is 26.9 Å². The number of imidazole rings is 1. The summed E-state index contributed by atoms with van der Waals surface area (Å²) in [5.41, 5.74) is 4.16. The van der Waals surface area contributed by atoms with E-state index < -0.39 is 0 Å². The van der Waals surface area contributed by atoms with Gasteiger partial charge in [0.1, 0.15) is 18.1 Å². The van der Waals surface area contributed by atoms with Crippen LogP contribution in [0.4, 0.5) is 5.82 Å². The Balaban J connectivity index is 1.65. The van der Waals surface area contributed by atoms with Gasteiger partial charge in [-0.05, 0) is 26.0 Å². The normalized spacial score (nSPS) is 11.1. The summed E-state index contributed by atoms with van der Waals surface area (Å²) < 4.78 is 7.20. The minimum atomic E-state index is 0.419.